The maximum absolute atomic E-state index is 3.74. The lowest BCUT2D eigenvalue weighted by atomic mass is 10.2. The van der Waals surface area contributed by atoms with Gasteiger partial charge in [-0.15, -0.1) is 11.3 Å². The van der Waals surface area contributed by atoms with E-state index in [4.69, 9.17) is 0 Å². The van der Waals surface area contributed by atoms with E-state index in [0.29, 0.717) is 0 Å². The average molecular weight is 241 g/mol. The summed E-state index contributed by atoms with van der Waals surface area (Å²) in [4.78, 5) is 3.74. The highest BCUT2D eigenvalue weighted by Gasteiger charge is 1.94. The van der Waals surface area contributed by atoms with Gasteiger partial charge in [0, 0.05) is 11.6 Å². The molecule has 1 aromatic rings. The Morgan fingerprint density at radius 1 is 0.812 bits per heavy atom. The van der Waals surface area contributed by atoms with E-state index in [1.807, 2.05) is 5.38 Å². The van der Waals surface area contributed by atoms with E-state index >= 15 is 0 Å². The van der Waals surface area contributed by atoms with E-state index in [0.717, 1.165) is 0 Å². The number of nitrogens with one attached hydrogen (secondary N) is 2. The molecule has 2 N–H and O–H groups in total. The van der Waals surface area contributed by atoms with Gasteiger partial charge in [-0.05, 0) is 51.9 Å². The molecular weight excluding hydrogens is 218 g/mol. The third-order valence-corrected chi connectivity index (χ3v) is 3.03. The van der Waals surface area contributed by atoms with Crippen LogP contribution in [0, 0.1) is 0 Å². The van der Waals surface area contributed by atoms with Crippen molar-refractivity contribution in [2.75, 3.05) is 26.2 Å². The van der Waals surface area contributed by atoms with Crippen LogP contribution in [-0.4, -0.2) is 31.2 Å². The Hall–Kier alpha value is -0.450. The standard InChI is InChI=1S/C5H11N.C4H9N.C3H3NS/c1-2-4-6-5-3-1;1-2-4-5-3-1;1-2-5-3-4-1/h6H,1-5H2;5H,1-4H2;1-3H. The Bertz CT molecular complexity index is 170. The summed E-state index contributed by atoms with van der Waals surface area (Å²) >= 11 is 1.60. The lowest BCUT2D eigenvalue weighted by molar-refractivity contribution is 0.520. The lowest BCUT2D eigenvalue weighted by Gasteiger charge is -2.08. The first kappa shape index (κ1) is 13.6. The summed E-state index contributed by atoms with van der Waals surface area (Å²) in [6, 6.07) is 0. The number of aromatic nitrogens is 1. The summed E-state index contributed by atoms with van der Waals surface area (Å²) in [7, 11) is 0. The molecule has 0 aliphatic carbocycles. The van der Waals surface area contributed by atoms with E-state index in [9.17, 15) is 0 Å². The van der Waals surface area contributed by atoms with Crippen LogP contribution >= 0.6 is 11.3 Å². The fraction of sp³-hybridized carbons (Fsp3) is 0.750. The molecule has 0 amide bonds. The molecule has 0 aromatic carbocycles. The summed E-state index contributed by atoms with van der Waals surface area (Å²) in [5.41, 5.74) is 1.79. The minimum Gasteiger partial charge on any atom is -0.317 e. The van der Waals surface area contributed by atoms with Crippen molar-refractivity contribution < 1.29 is 0 Å². The molecule has 2 aliphatic heterocycles. The summed E-state index contributed by atoms with van der Waals surface area (Å²) in [6.45, 7) is 5.00. The van der Waals surface area contributed by atoms with Crippen LogP contribution in [0.2, 0.25) is 0 Å². The van der Waals surface area contributed by atoms with Crippen LogP contribution in [0.3, 0.4) is 0 Å². The van der Waals surface area contributed by atoms with Gasteiger partial charge >= 0.3 is 0 Å². The second-order valence-corrected chi connectivity index (χ2v) is 4.70. The highest BCUT2D eigenvalue weighted by molar-refractivity contribution is 7.07. The number of hydrogen-bond donors (Lipinski definition) is 2. The lowest BCUT2D eigenvalue weighted by Crippen LogP contribution is -2.21. The Balaban J connectivity index is 0.000000121. The number of nitrogens with zero attached hydrogens (tertiary/aromatic N) is 1. The SMILES string of the molecule is C1CCNC1.C1CCNCC1.c1cscn1. The second kappa shape index (κ2) is 11.0. The second-order valence-electron chi connectivity index (χ2n) is 3.94. The Morgan fingerprint density at radius 2 is 1.38 bits per heavy atom. The molecule has 0 saturated carbocycles. The smallest absolute Gasteiger partial charge is 0.0791 e. The molecule has 0 unspecified atom stereocenters. The van der Waals surface area contributed by atoms with Crippen LogP contribution in [0.1, 0.15) is 32.1 Å². The van der Waals surface area contributed by atoms with Crippen LogP contribution in [0.4, 0.5) is 0 Å². The Morgan fingerprint density at radius 3 is 1.56 bits per heavy atom. The summed E-state index contributed by atoms with van der Waals surface area (Å²) in [6.07, 6.45) is 8.76. The molecule has 0 atom stereocenters. The molecule has 0 spiro atoms. The zero-order valence-corrected chi connectivity index (χ0v) is 10.8. The van der Waals surface area contributed by atoms with Crippen molar-refractivity contribution in [3.05, 3.63) is 17.1 Å². The van der Waals surface area contributed by atoms with Gasteiger partial charge in [0.2, 0.25) is 0 Å². The van der Waals surface area contributed by atoms with E-state index in [1.165, 1.54) is 58.3 Å². The summed E-state index contributed by atoms with van der Waals surface area (Å²) in [5, 5.41) is 8.44. The van der Waals surface area contributed by atoms with Crippen molar-refractivity contribution >= 4 is 11.3 Å². The first-order chi connectivity index (χ1) is 8.00. The van der Waals surface area contributed by atoms with Gasteiger partial charge in [0.05, 0.1) is 5.51 Å². The van der Waals surface area contributed by atoms with E-state index in [2.05, 4.69) is 15.6 Å². The quantitative estimate of drug-likeness (QED) is 0.731. The molecule has 2 fully saturated rings. The molecule has 1 aromatic heterocycles. The highest BCUT2D eigenvalue weighted by Crippen LogP contribution is 1.96. The molecule has 0 radical (unpaired) electrons. The third kappa shape index (κ3) is 8.83. The van der Waals surface area contributed by atoms with Crippen LogP contribution in [0.25, 0.3) is 0 Å². The normalized spacial score (nSPS) is 19.0. The van der Waals surface area contributed by atoms with Gasteiger partial charge in [-0.3, -0.25) is 4.98 Å². The topological polar surface area (TPSA) is 37.0 Å². The molecule has 2 aliphatic rings. The van der Waals surface area contributed by atoms with Gasteiger partial charge in [0.25, 0.3) is 0 Å². The third-order valence-electron chi connectivity index (χ3n) is 2.51. The van der Waals surface area contributed by atoms with Gasteiger partial charge in [0.15, 0.2) is 0 Å². The van der Waals surface area contributed by atoms with Gasteiger partial charge in [-0.1, -0.05) is 6.42 Å². The molecule has 3 nitrogen and oxygen atoms in total. The molecule has 3 rings (SSSR count). The summed E-state index contributed by atoms with van der Waals surface area (Å²) < 4.78 is 0. The van der Waals surface area contributed by atoms with Crippen LogP contribution in [0.5, 0.6) is 0 Å². The predicted molar refractivity (Wildman–Crippen MR) is 70.9 cm³/mol. The van der Waals surface area contributed by atoms with Crippen LogP contribution in [-0.2, 0) is 0 Å². The zero-order chi connectivity index (χ0) is 11.3. The summed E-state index contributed by atoms with van der Waals surface area (Å²) in [5.74, 6) is 0. The first-order valence-electron chi connectivity index (χ1n) is 6.24. The van der Waals surface area contributed by atoms with Gasteiger partial charge in [-0.25, -0.2) is 0 Å². The Labute approximate surface area is 103 Å². The van der Waals surface area contributed by atoms with E-state index in [-0.39, 0.29) is 0 Å². The maximum Gasteiger partial charge on any atom is 0.0791 e. The monoisotopic (exact) mass is 241 g/mol. The number of hydrogen-bond acceptors (Lipinski definition) is 4. The van der Waals surface area contributed by atoms with Crippen molar-refractivity contribution in [2.45, 2.75) is 32.1 Å². The molecule has 3 heterocycles. The number of rotatable bonds is 0. The molecule has 92 valence electrons. The molecular formula is C12H23N3S. The van der Waals surface area contributed by atoms with Crippen LogP contribution in [0.15, 0.2) is 17.1 Å². The van der Waals surface area contributed by atoms with E-state index in [1.54, 1.807) is 23.0 Å². The van der Waals surface area contributed by atoms with Crippen molar-refractivity contribution in [2.24, 2.45) is 0 Å². The van der Waals surface area contributed by atoms with Crippen molar-refractivity contribution in [1.29, 1.82) is 0 Å². The van der Waals surface area contributed by atoms with Gasteiger partial charge in [0.1, 0.15) is 0 Å². The minimum absolute atomic E-state index is 1.25. The number of piperidine rings is 1. The molecule has 0 bridgehead atoms. The van der Waals surface area contributed by atoms with Crippen molar-refractivity contribution in [1.82, 2.24) is 15.6 Å². The fourth-order valence-electron chi connectivity index (χ4n) is 1.60. The maximum atomic E-state index is 3.74. The molecule has 2 saturated heterocycles. The van der Waals surface area contributed by atoms with Gasteiger partial charge in [-0.2, -0.15) is 0 Å². The fourth-order valence-corrected chi connectivity index (χ4v) is 1.95. The highest BCUT2D eigenvalue weighted by atomic mass is 32.1. The van der Waals surface area contributed by atoms with Gasteiger partial charge < -0.3 is 10.6 Å². The Kier molecular flexibility index (Phi) is 9.40. The van der Waals surface area contributed by atoms with Crippen molar-refractivity contribution in [3.63, 3.8) is 0 Å². The largest absolute Gasteiger partial charge is 0.317 e. The molecule has 16 heavy (non-hydrogen) atoms. The number of thiazole rings is 1. The van der Waals surface area contributed by atoms with Crippen molar-refractivity contribution in [3.8, 4) is 0 Å². The minimum atomic E-state index is 1.25. The van der Waals surface area contributed by atoms with Crippen LogP contribution < -0.4 is 10.6 Å². The zero-order valence-electron chi connectivity index (χ0n) is 9.95. The molecule has 4 heteroatoms. The predicted octanol–water partition coefficient (Wildman–Crippen LogP) is 2.27. The van der Waals surface area contributed by atoms with E-state index < -0.39 is 0 Å². The average Bonchev–Trinajstić information content (AvgIpc) is 3.10. The first-order valence-corrected chi connectivity index (χ1v) is 7.18.